The van der Waals surface area contributed by atoms with Crippen molar-refractivity contribution < 1.29 is 0 Å². The van der Waals surface area contributed by atoms with Gasteiger partial charge in [-0.3, -0.25) is 0 Å². The summed E-state index contributed by atoms with van der Waals surface area (Å²) in [5.41, 5.74) is 20.8. The van der Waals surface area contributed by atoms with Crippen LogP contribution in [0.5, 0.6) is 0 Å². The lowest BCUT2D eigenvalue weighted by atomic mass is 9.88. The van der Waals surface area contributed by atoms with Crippen molar-refractivity contribution in [3.63, 3.8) is 0 Å². The van der Waals surface area contributed by atoms with Gasteiger partial charge in [0, 0.05) is 16.7 Å². The van der Waals surface area contributed by atoms with E-state index in [9.17, 15) is 0 Å². The van der Waals surface area contributed by atoms with Crippen LogP contribution in [-0.4, -0.2) is 9.97 Å². The quantitative estimate of drug-likeness (QED) is 0.137. The van der Waals surface area contributed by atoms with Crippen molar-refractivity contribution in [1.82, 2.24) is 9.97 Å². The van der Waals surface area contributed by atoms with Crippen LogP contribution in [0.3, 0.4) is 0 Å². The Morgan fingerprint density at radius 2 is 0.485 bits per heavy atom. The largest absolute Gasteiger partial charge is 0.228 e. The van der Waals surface area contributed by atoms with Gasteiger partial charge in [-0.2, -0.15) is 0 Å². The third-order valence-corrected chi connectivity index (χ3v) is 12.3. The van der Waals surface area contributed by atoms with Gasteiger partial charge in [-0.1, -0.05) is 231 Å². The van der Waals surface area contributed by atoms with Crippen molar-refractivity contribution in [1.29, 1.82) is 0 Å². The Hall–Kier alpha value is -8.72. The van der Waals surface area contributed by atoms with Gasteiger partial charge in [-0.25, -0.2) is 9.97 Å². The molecule has 0 spiro atoms. The predicted octanol–water partition coefficient (Wildman–Crippen LogP) is 17.1. The summed E-state index contributed by atoms with van der Waals surface area (Å²) in [6.45, 7) is 0. The molecule has 0 unspecified atom stereocenters. The smallest absolute Gasteiger partial charge is 0.160 e. The normalized spacial score (nSPS) is 11.0. The number of hydrogen-bond donors (Lipinski definition) is 0. The van der Waals surface area contributed by atoms with Gasteiger partial charge in [0.05, 0.1) is 11.4 Å². The average Bonchev–Trinajstić information content (AvgIpc) is 3.41. The lowest BCUT2D eigenvalue weighted by Crippen LogP contribution is -1.98. The van der Waals surface area contributed by atoms with E-state index < -0.39 is 0 Å². The van der Waals surface area contributed by atoms with Crippen LogP contribution in [-0.2, 0) is 0 Å². The lowest BCUT2D eigenvalue weighted by Gasteiger charge is -2.17. The molecule has 0 saturated heterocycles. The predicted molar refractivity (Wildman–Crippen MR) is 276 cm³/mol. The van der Waals surface area contributed by atoms with Crippen molar-refractivity contribution in [2.75, 3.05) is 0 Å². The van der Waals surface area contributed by atoms with Gasteiger partial charge in [0.15, 0.2) is 5.82 Å². The van der Waals surface area contributed by atoms with E-state index in [-0.39, 0.29) is 0 Å². The average molecular weight is 841 g/mol. The van der Waals surface area contributed by atoms with Crippen LogP contribution in [0.15, 0.2) is 267 Å². The summed E-state index contributed by atoms with van der Waals surface area (Å²) in [5, 5.41) is 0. The zero-order chi connectivity index (χ0) is 44.1. The molecule has 1 heterocycles. The van der Waals surface area contributed by atoms with E-state index in [1.807, 2.05) is 6.07 Å². The van der Waals surface area contributed by atoms with Crippen molar-refractivity contribution in [3.8, 4) is 112 Å². The molecule has 310 valence electrons. The number of rotatable bonds is 10. The zero-order valence-electron chi connectivity index (χ0n) is 36.3. The molecule has 0 N–H and O–H groups in total. The number of benzene rings is 10. The van der Waals surface area contributed by atoms with Gasteiger partial charge >= 0.3 is 0 Å². The van der Waals surface area contributed by atoms with Crippen LogP contribution in [0, 0.1) is 0 Å². The Morgan fingerprint density at radius 3 is 0.909 bits per heavy atom. The Balaban J connectivity index is 1.15. The Morgan fingerprint density at radius 1 is 0.167 bits per heavy atom. The maximum Gasteiger partial charge on any atom is 0.160 e. The molecule has 66 heavy (non-hydrogen) atoms. The molecule has 0 fully saturated rings. The summed E-state index contributed by atoms with van der Waals surface area (Å²) >= 11 is 0. The van der Waals surface area contributed by atoms with Crippen LogP contribution in [0.1, 0.15) is 0 Å². The number of hydrogen-bond acceptors (Lipinski definition) is 2. The van der Waals surface area contributed by atoms with Crippen molar-refractivity contribution in [2.24, 2.45) is 0 Å². The molecule has 0 bridgehead atoms. The second kappa shape index (κ2) is 18.2. The first-order valence-electron chi connectivity index (χ1n) is 22.5. The molecule has 2 nitrogen and oxygen atoms in total. The van der Waals surface area contributed by atoms with E-state index >= 15 is 0 Å². The van der Waals surface area contributed by atoms with Crippen LogP contribution >= 0.6 is 0 Å². The molecule has 0 radical (unpaired) electrons. The summed E-state index contributed by atoms with van der Waals surface area (Å²) in [7, 11) is 0. The Labute approximate surface area is 386 Å². The highest BCUT2D eigenvalue weighted by Gasteiger charge is 2.18. The molecule has 0 amide bonds. The molecule has 10 aromatic carbocycles. The third kappa shape index (κ3) is 8.28. The van der Waals surface area contributed by atoms with E-state index in [1.165, 1.54) is 44.5 Å². The van der Waals surface area contributed by atoms with Gasteiger partial charge < -0.3 is 0 Å². The first-order chi connectivity index (χ1) is 32.7. The van der Waals surface area contributed by atoms with Crippen LogP contribution in [0.2, 0.25) is 0 Å². The maximum atomic E-state index is 5.48. The number of nitrogens with zero attached hydrogens (tertiary/aromatic N) is 2. The Bertz CT molecular complexity index is 3280. The van der Waals surface area contributed by atoms with Crippen molar-refractivity contribution >= 4 is 0 Å². The molecule has 2 heteroatoms. The topological polar surface area (TPSA) is 25.8 Å². The van der Waals surface area contributed by atoms with E-state index in [1.54, 1.807) is 0 Å². The van der Waals surface area contributed by atoms with E-state index in [2.05, 4.69) is 261 Å². The molecule has 0 aliphatic rings. The summed E-state index contributed by atoms with van der Waals surface area (Å²) in [6, 6.07) is 95.0. The minimum absolute atomic E-state index is 0.658. The molecule has 0 saturated carbocycles. The van der Waals surface area contributed by atoms with Gasteiger partial charge in [-0.05, 0) is 114 Å². The highest BCUT2D eigenvalue weighted by molar-refractivity contribution is 5.92. The molecule has 11 aromatic rings. The van der Waals surface area contributed by atoms with Gasteiger partial charge in [0.2, 0.25) is 0 Å². The standard InChI is InChI=1S/C64H44N2/c1-7-21-45(22-8-1)56-33-19-20-34-59(56)63-44-62(50-31-17-6-18-32-50)65-64(66-63)55-40-53(51-35-37-57(46-23-9-2-10-24-46)60(42-51)48-27-13-4-14-28-48)39-54(41-55)52-36-38-58(47-25-11-3-12-26-47)61(43-52)49-29-15-5-16-30-49/h1-44H. The highest BCUT2D eigenvalue weighted by Crippen LogP contribution is 2.42. The van der Waals surface area contributed by atoms with E-state index in [4.69, 9.17) is 9.97 Å². The minimum atomic E-state index is 0.658. The molecule has 0 aliphatic carbocycles. The summed E-state index contributed by atoms with van der Waals surface area (Å²) in [4.78, 5) is 10.9. The monoisotopic (exact) mass is 840 g/mol. The first kappa shape index (κ1) is 40.1. The third-order valence-electron chi connectivity index (χ3n) is 12.3. The minimum Gasteiger partial charge on any atom is -0.228 e. The Kier molecular flexibility index (Phi) is 11.0. The van der Waals surface area contributed by atoms with Gasteiger partial charge in [0.25, 0.3) is 0 Å². The SMILES string of the molecule is c1ccc(-c2cc(-c3ccccc3-c3ccccc3)nc(-c3cc(-c4ccc(-c5ccccc5)c(-c5ccccc5)c4)cc(-c4ccc(-c5ccccc5)c(-c5ccccc5)c4)c3)n2)cc1. The van der Waals surface area contributed by atoms with Crippen LogP contribution in [0.25, 0.3) is 112 Å². The molecular formula is C64H44N2. The maximum absolute atomic E-state index is 5.48. The first-order valence-corrected chi connectivity index (χ1v) is 22.5. The van der Waals surface area contributed by atoms with Gasteiger partial charge in [0.1, 0.15) is 0 Å². The summed E-state index contributed by atoms with van der Waals surface area (Å²) in [6.07, 6.45) is 0. The fraction of sp³-hybridized carbons (Fsp3) is 0. The molecule has 0 atom stereocenters. The number of aromatic nitrogens is 2. The molecular weight excluding hydrogens is 797 g/mol. The fourth-order valence-electron chi connectivity index (χ4n) is 9.04. The second-order valence-electron chi connectivity index (χ2n) is 16.5. The summed E-state index contributed by atoms with van der Waals surface area (Å²) < 4.78 is 0. The van der Waals surface area contributed by atoms with Crippen LogP contribution < -0.4 is 0 Å². The van der Waals surface area contributed by atoms with Crippen molar-refractivity contribution in [3.05, 3.63) is 267 Å². The highest BCUT2D eigenvalue weighted by atomic mass is 14.9. The second-order valence-corrected chi connectivity index (χ2v) is 16.5. The lowest BCUT2D eigenvalue weighted by molar-refractivity contribution is 1.18. The summed E-state index contributed by atoms with van der Waals surface area (Å²) in [5.74, 6) is 0.658. The molecule has 0 aliphatic heterocycles. The van der Waals surface area contributed by atoms with Gasteiger partial charge in [-0.15, -0.1) is 0 Å². The van der Waals surface area contributed by atoms with E-state index in [0.717, 1.165) is 61.5 Å². The zero-order valence-corrected chi connectivity index (χ0v) is 36.3. The molecule has 11 rings (SSSR count). The molecule has 1 aromatic heterocycles. The van der Waals surface area contributed by atoms with Crippen LogP contribution in [0.4, 0.5) is 0 Å². The fourth-order valence-corrected chi connectivity index (χ4v) is 9.04. The van der Waals surface area contributed by atoms with Crippen molar-refractivity contribution in [2.45, 2.75) is 0 Å². The van der Waals surface area contributed by atoms with E-state index in [0.29, 0.717) is 5.82 Å².